The van der Waals surface area contributed by atoms with Crippen LogP contribution in [0.5, 0.6) is 0 Å². The molecule has 1 fully saturated rings. The van der Waals surface area contributed by atoms with Crippen molar-refractivity contribution < 1.29 is 13.2 Å². The maximum absolute atomic E-state index is 13.5. The summed E-state index contributed by atoms with van der Waals surface area (Å²) >= 11 is 0. The number of aryl methyl sites for hydroxylation is 3. The van der Waals surface area contributed by atoms with E-state index in [2.05, 4.69) is 5.32 Å². The molecule has 0 unspecified atom stereocenters. The first-order chi connectivity index (χ1) is 13.8. The number of nitrogens with zero attached hydrogens (tertiary/aromatic N) is 1. The van der Waals surface area contributed by atoms with Gasteiger partial charge in [-0.2, -0.15) is 0 Å². The normalized spacial score (nSPS) is 15.1. The topological polar surface area (TPSA) is 66.5 Å². The smallest absolute Gasteiger partial charge is 0.264 e. The number of hydrogen-bond donors (Lipinski definition) is 1. The molecule has 0 spiro atoms. The molecular formula is C23H30N2O3S. The predicted molar refractivity (Wildman–Crippen MR) is 117 cm³/mol. The number of sulfonamides is 1. The molecule has 2 aromatic carbocycles. The summed E-state index contributed by atoms with van der Waals surface area (Å²) in [6, 6.07) is 12.5. The number of hydrogen-bond acceptors (Lipinski definition) is 3. The van der Waals surface area contributed by atoms with Gasteiger partial charge in [0.25, 0.3) is 10.0 Å². The van der Waals surface area contributed by atoms with Gasteiger partial charge < -0.3 is 5.32 Å². The number of rotatable bonds is 6. The Morgan fingerprint density at radius 1 is 0.966 bits per heavy atom. The van der Waals surface area contributed by atoms with Gasteiger partial charge in [0.05, 0.1) is 10.6 Å². The lowest BCUT2D eigenvalue weighted by Gasteiger charge is -2.28. The molecule has 29 heavy (non-hydrogen) atoms. The molecule has 0 atom stereocenters. The number of benzene rings is 2. The van der Waals surface area contributed by atoms with Crippen molar-refractivity contribution in [3.05, 3.63) is 59.2 Å². The highest BCUT2D eigenvalue weighted by atomic mass is 32.2. The summed E-state index contributed by atoms with van der Waals surface area (Å²) in [5, 5.41) is 3.04. The van der Waals surface area contributed by atoms with E-state index in [1.807, 2.05) is 32.9 Å². The van der Waals surface area contributed by atoms with Gasteiger partial charge >= 0.3 is 0 Å². The third-order valence-electron chi connectivity index (χ3n) is 5.49. The SMILES string of the molecule is Cc1ccc(S(=O)(=O)N(CC(=O)NC2CCCCC2)c2ccc(C)cc2C)cc1. The molecule has 1 N–H and O–H groups in total. The summed E-state index contributed by atoms with van der Waals surface area (Å²) in [5.41, 5.74) is 3.39. The summed E-state index contributed by atoms with van der Waals surface area (Å²) in [4.78, 5) is 13.0. The van der Waals surface area contributed by atoms with Crippen molar-refractivity contribution in [1.82, 2.24) is 5.32 Å². The zero-order chi connectivity index (χ0) is 21.0. The first kappa shape index (κ1) is 21.4. The highest BCUT2D eigenvalue weighted by Gasteiger charge is 2.29. The van der Waals surface area contributed by atoms with E-state index < -0.39 is 10.0 Å². The highest BCUT2D eigenvalue weighted by Crippen LogP contribution is 2.28. The molecule has 0 radical (unpaired) electrons. The number of carbonyl (C=O) groups is 1. The van der Waals surface area contributed by atoms with Gasteiger partial charge in [0.15, 0.2) is 0 Å². The molecule has 0 saturated heterocycles. The number of amides is 1. The second-order valence-electron chi connectivity index (χ2n) is 8.02. The zero-order valence-electron chi connectivity index (χ0n) is 17.4. The molecular weight excluding hydrogens is 384 g/mol. The molecule has 0 heterocycles. The van der Waals surface area contributed by atoms with Crippen LogP contribution in [0.4, 0.5) is 5.69 Å². The number of nitrogens with one attached hydrogen (secondary N) is 1. The average Bonchev–Trinajstić information content (AvgIpc) is 2.68. The van der Waals surface area contributed by atoms with E-state index in [9.17, 15) is 13.2 Å². The third kappa shape index (κ3) is 5.18. The van der Waals surface area contributed by atoms with E-state index in [4.69, 9.17) is 0 Å². The van der Waals surface area contributed by atoms with Crippen LogP contribution in [0.25, 0.3) is 0 Å². The maximum Gasteiger partial charge on any atom is 0.264 e. The molecule has 0 bridgehead atoms. The molecule has 156 valence electrons. The monoisotopic (exact) mass is 414 g/mol. The largest absolute Gasteiger partial charge is 0.352 e. The molecule has 1 saturated carbocycles. The second-order valence-corrected chi connectivity index (χ2v) is 9.88. The van der Waals surface area contributed by atoms with Gasteiger partial charge in [0.1, 0.15) is 6.54 Å². The Morgan fingerprint density at radius 2 is 1.59 bits per heavy atom. The number of anilines is 1. The summed E-state index contributed by atoms with van der Waals surface area (Å²) in [6.07, 6.45) is 5.32. The summed E-state index contributed by atoms with van der Waals surface area (Å²) < 4.78 is 28.2. The predicted octanol–water partition coefficient (Wildman–Crippen LogP) is 4.26. The molecule has 0 aliphatic heterocycles. The Morgan fingerprint density at radius 3 is 2.21 bits per heavy atom. The van der Waals surface area contributed by atoms with E-state index in [1.165, 1.54) is 10.7 Å². The van der Waals surface area contributed by atoms with Crippen LogP contribution in [0.15, 0.2) is 47.4 Å². The standard InChI is InChI=1S/C23H30N2O3S/c1-17-9-12-21(13-10-17)29(27,28)25(22-14-11-18(2)15-19(22)3)16-23(26)24-20-7-5-4-6-8-20/h9-15,20H,4-8,16H2,1-3H3,(H,24,26). The fourth-order valence-electron chi connectivity index (χ4n) is 3.87. The van der Waals surface area contributed by atoms with Crippen molar-refractivity contribution >= 4 is 21.6 Å². The van der Waals surface area contributed by atoms with Crippen LogP contribution in [0, 0.1) is 20.8 Å². The van der Waals surface area contributed by atoms with Crippen LogP contribution < -0.4 is 9.62 Å². The van der Waals surface area contributed by atoms with E-state index in [1.54, 1.807) is 30.3 Å². The van der Waals surface area contributed by atoms with E-state index in [0.29, 0.717) is 5.69 Å². The molecule has 0 aromatic heterocycles. The van der Waals surface area contributed by atoms with Crippen LogP contribution in [0.2, 0.25) is 0 Å². The summed E-state index contributed by atoms with van der Waals surface area (Å²) in [6.45, 7) is 5.52. The Labute approximate surface area is 174 Å². The van der Waals surface area contributed by atoms with Crippen molar-refractivity contribution in [2.75, 3.05) is 10.8 Å². The number of carbonyl (C=O) groups excluding carboxylic acids is 1. The molecule has 1 aliphatic rings. The van der Waals surface area contributed by atoms with E-state index in [0.717, 1.165) is 42.4 Å². The highest BCUT2D eigenvalue weighted by molar-refractivity contribution is 7.92. The minimum absolute atomic E-state index is 0.138. The minimum atomic E-state index is -3.87. The van der Waals surface area contributed by atoms with Crippen molar-refractivity contribution in [2.24, 2.45) is 0 Å². The first-order valence-electron chi connectivity index (χ1n) is 10.2. The molecule has 1 aliphatic carbocycles. The van der Waals surface area contributed by atoms with Crippen LogP contribution in [-0.2, 0) is 14.8 Å². The lowest BCUT2D eigenvalue weighted by Crippen LogP contribution is -2.45. The second kappa shape index (κ2) is 8.99. The van der Waals surface area contributed by atoms with Gasteiger partial charge in [0, 0.05) is 6.04 Å². The fourth-order valence-corrected chi connectivity index (χ4v) is 5.36. The van der Waals surface area contributed by atoms with Gasteiger partial charge in [-0.05, 0) is 57.4 Å². The van der Waals surface area contributed by atoms with Gasteiger partial charge in [-0.3, -0.25) is 9.10 Å². The Balaban J connectivity index is 1.93. The summed E-state index contributed by atoms with van der Waals surface area (Å²) in [7, 11) is -3.87. The van der Waals surface area contributed by atoms with Gasteiger partial charge in [-0.15, -0.1) is 0 Å². The molecule has 5 nitrogen and oxygen atoms in total. The van der Waals surface area contributed by atoms with Crippen LogP contribution in [-0.4, -0.2) is 26.9 Å². The van der Waals surface area contributed by atoms with Crippen molar-refractivity contribution in [3.63, 3.8) is 0 Å². The van der Waals surface area contributed by atoms with Crippen molar-refractivity contribution in [2.45, 2.75) is 63.8 Å². The third-order valence-corrected chi connectivity index (χ3v) is 7.26. The lowest BCUT2D eigenvalue weighted by molar-refractivity contribution is -0.120. The Bertz CT molecular complexity index is 962. The van der Waals surface area contributed by atoms with E-state index >= 15 is 0 Å². The molecule has 6 heteroatoms. The van der Waals surface area contributed by atoms with Crippen LogP contribution in [0.1, 0.15) is 48.8 Å². The fraction of sp³-hybridized carbons (Fsp3) is 0.435. The minimum Gasteiger partial charge on any atom is -0.352 e. The molecule has 2 aromatic rings. The molecule has 3 rings (SSSR count). The summed E-state index contributed by atoms with van der Waals surface area (Å²) in [5.74, 6) is -0.257. The maximum atomic E-state index is 13.5. The van der Waals surface area contributed by atoms with Crippen molar-refractivity contribution in [1.29, 1.82) is 0 Å². The van der Waals surface area contributed by atoms with Crippen LogP contribution in [0.3, 0.4) is 0 Å². The lowest BCUT2D eigenvalue weighted by atomic mass is 9.95. The van der Waals surface area contributed by atoms with Gasteiger partial charge in [0.2, 0.25) is 5.91 Å². The first-order valence-corrected chi connectivity index (χ1v) is 11.7. The zero-order valence-corrected chi connectivity index (χ0v) is 18.3. The Hall–Kier alpha value is -2.34. The van der Waals surface area contributed by atoms with E-state index in [-0.39, 0.29) is 23.4 Å². The Kier molecular flexibility index (Phi) is 6.63. The van der Waals surface area contributed by atoms with Gasteiger partial charge in [-0.25, -0.2) is 8.42 Å². The van der Waals surface area contributed by atoms with Crippen molar-refractivity contribution in [3.8, 4) is 0 Å². The van der Waals surface area contributed by atoms with Crippen LogP contribution >= 0.6 is 0 Å². The molecule has 1 amide bonds. The van der Waals surface area contributed by atoms with Gasteiger partial charge in [-0.1, -0.05) is 54.7 Å². The average molecular weight is 415 g/mol. The quantitative estimate of drug-likeness (QED) is 0.768.